The molecule has 21 heavy (non-hydrogen) atoms. The summed E-state index contributed by atoms with van der Waals surface area (Å²) in [6.07, 6.45) is 0. The monoisotopic (exact) mass is 304 g/mol. The molecule has 2 rings (SSSR count). The van der Waals surface area contributed by atoms with Gasteiger partial charge in [-0.1, -0.05) is 30.7 Å². The first kappa shape index (κ1) is 15.7. The van der Waals surface area contributed by atoms with Crippen LogP contribution in [0.1, 0.15) is 31.1 Å². The zero-order valence-corrected chi connectivity index (χ0v) is 13.4. The van der Waals surface area contributed by atoms with Gasteiger partial charge in [-0.2, -0.15) is 5.10 Å². The van der Waals surface area contributed by atoms with E-state index < -0.39 is 0 Å². The van der Waals surface area contributed by atoms with Crippen molar-refractivity contribution in [3.63, 3.8) is 0 Å². The van der Waals surface area contributed by atoms with Gasteiger partial charge in [-0.05, 0) is 43.3 Å². The molecule has 0 saturated carbocycles. The van der Waals surface area contributed by atoms with Gasteiger partial charge in [0.25, 0.3) is 0 Å². The van der Waals surface area contributed by atoms with Crippen LogP contribution in [0.5, 0.6) is 0 Å². The maximum Gasteiger partial charge on any atom is 0.151 e. The summed E-state index contributed by atoms with van der Waals surface area (Å²) in [6.45, 7) is 5.89. The lowest BCUT2D eigenvalue weighted by Gasteiger charge is -2.26. The fraction of sp³-hybridized carbons (Fsp3) is 0.375. The van der Waals surface area contributed by atoms with E-state index in [1.807, 2.05) is 43.4 Å². The summed E-state index contributed by atoms with van der Waals surface area (Å²) in [4.78, 5) is 2.10. The van der Waals surface area contributed by atoms with Crippen molar-refractivity contribution in [2.45, 2.75) is 26.4 Å². The Balaban J connectivity index is 2.08. The van der Waals surface area contributed by atoms with Crippen LogP contribution in [0.3, 0.4) is 0 Å². The van der Waals surface area contributed by atoms with Gasteiger partial charge in [-0.25, -0.2) is 0 Å². The zero-order chi connectivity index (χ0) is 15.2. The molecule has 1 atom stereocenters. The number of hydrogen-bond donors (Lipinski definition) is 1. The SMILES string of the molecule is CCNCc1ccc(N(C)C(C)c2ccc(Cl)cc2)nn1. The Hall–Kier alpha value is -1.65. The first-order chi connectivity index (χ1) is 10.1. The Morgan fingerprint density at radius 3 is 2.43 bits per heavy atom. The Morgan fingerprint density at radius 1 is 1.14 bits per heavy atom. The molecule has 1 aromatic heterocycles. The lowest BCUT2D eigenvalue weighted by molar-refractivity contribution is 0.685. The average molecular weight is 305 g/mol. The molecule has 1 aromatic carbocycles. The lowest BCUT2D eigenvalue weighted by Crippen LogP contribution is -2.23. The van der Waals surface area contributed by atoms with Crippen LogP contribution in [0.2, 0.25) is 5.02 Å². The Kier molecular flexibility index (Phi) is 5.53. The number of nitrogens with zero attached hydrogens (tertiary/aromatic N) is 3. The van der Waals surface area contributed by atoms with Gasteiger partial charge in [0.2, 0.25) is 0 Å². The molecular weight excluding hydrogens is 284 g/mol. The van der Waals surface area contributed by atoms with Crippen molar-refractivity contribution < 1.29 is 0 Å². The van der Waals surface area contributed by atoms with Gasteiger partial charge >= 0.3 is 0 Å². The van der Waals surface area contributed by atoms with Gasteiger partial charge in [0, 0.05) is 18.6 Å². The van der Waals surface area contributed by atoms with Gasteiger partial charge in [-0.15, -0.1) is 5.10 Å². The van der Waals surface area contributed by atoms with E-state index in [-0.39, 0.29) is 6.04 Å². The van der Waals surface area contributed by atoms with E-state index in [0.29, 0.717) is 0 Å². The van der Waals surface area contributed by atoms with E-state index in [1.165, 1.54) is 5.56 Å². The molecule has 4 nitrogen and oxygen atoms in total. The number of anilines is 1. The molecule has 0 amide bonds. The summed E-state index contributed by atoms with van der Waals surface area (Å²) in [5, 5.41) is 12.5. The van der Waals surface area contributed by atoms with Crippen LogP contribution in [0.4, 0.5) is 5.82 Å². The summed E-state index contributed by atoms with van der Waals surface area (Å²) < 4.78 is 0. The van der Waals surface area contributed by atoms with Crippen molar-refractivity contribution in [1.82, 2.24) is 15.5 Å². The highest BCUT2D eigenvalue weighted by Crippen LogP contribution is 2.24. The maximum atomic E-state index is 5.93. The highest BCUT2D eigenvalue weighted by molar-refractivity contribution is 6.30. The molecule has 1 heterocycles. The van der Waals surface area contributed by atoms with Crippen LogP contribution < -0.4 is 10.2 Å². The van der Waals surface area contributed by atoms with E-state index in [1.54, 1.807) is 0 Å². The third-order valence-corrected chi connectivity index (χ3v) is 3.81. The Labute approximate surface area is 131 Å². The van der Waals surface area contributed by atoms with Crippen molar-refractivity contribution in [3.05, 3.63) is 52.7 Å². The van der Waals surface area contributed by atoms with Crippen molar-refractivity contribution in [3.8, 4) is 0 Å². The molecule has 0 bridgehead atoms. The summed E-state index contributed by atoms with van der Waals surface area (Å²) in [7, 11) is 2.02. The van der Waals surface area contributed by atoms with Crippen molar-refractivity contribution in [2.24, 2.45) is 0 Å². The molecule has 112 valence electrons. The minimum absolute atomic E-state index is 0.205. The molecule has 0 spiro atoms. The minimum Gasteiger partial charge on any atom is -0.351 e. The molecule has 5 heteroatoms. The first-order valence-electron chi connectivity index (χ1n) is 7.13. The van der Waals surface area contributed by atoms with Gasteiger partial charge < -0.3 is 10.2 Å². The first-order valence-corrected chi connectivity index (χ1v) is 7.51. The molecule has 2 aromatic rings. The van der Waals surface area contributed by atoms with Crippen LogP contribution in [-0.4, -0.2) is 23.8 Å². The number of rotatable bonds is 6. The molecular formula is C16H21ClN4. The van der Waals surface area contributed by atoms with Crippen molar-refractivity contribution in [1.29, 1.82) is 0 Å². The average Bonchev–Trinajstić information content (AvgIpc) is 2.53. The predicted molar refractivity (Wildman–Crippen MR) is 87.7 cm³/mol. The second-order valence-electron chi connectivity index (χ2n) is 5.00. The fourth-order valence-electron chi connectivity index (χ4n) is 2.05. The van der Waals surface area contributed by atoms with Crippen LogP contribution in [0, 0.1) is 0 Å². The molecule has 0 saturated heterocycles. The largest absolute Gasteiger partial charge is 0.351 e. The van der Waals surface area contributed by atoms with Crippen molar-refractivity contribution >= 4 is 17.4 Å². The van der Waals surface area contributed by atoms with E-state index >= 15 is 0 Å². The van der Waals surface area contributed by atoms with Gasteiger partial charge in [0.1, 0.15) is 0 Å². The fourth-order valence-corrected chi connectivity index (χ4v) is 2.18. The minimum atomic E-state index is 0.205. The predicted octanol–water partition coefficient (Wildman–Crippen LogP) is 3.44. The van der Waals surface area contributed by atoms with Gasteiger partial charge in [-0.3, -0.25) is 0 Å². The molecule has 1 unspecified atom stereocenters. The summed E-state index contributed by atoms with van der Waals surface area (Å²) in [5.74, 6) is 0.859. The molecule has 0 fully saturated rings. The maximum absolute atomic E-state index is 5.93. The lowest BCUT2D eigenvalue weighted by atomic mass is 10.1. The summed E-state index contributed by atoms with van der Waals surface area (Å²) >= 11 is 5.93. The smallest absolute Gasteiger partial charge is 0.151 e. The number of nitrogens with one attached hydrogen (secondary N) is 1. The second-order valence-corrected chi connectivity index (χ2v) is 5.44. The highest BCUT2D eigenvalue weighted by Gasteiger charge is 2.13. The number of aromatic nitrogens is 2. The van der Waals surface area contributed by atoms with Gasteiger partial charge in [0.15, 0.2) is 5.82 Å². The molecule has 0 aliphatic carbocycles. The van der Waals surface area contributed by atoms with E-state index in [9.17, 15) is 0 Å². The molecule has 0 radical (unpaired) electrons. The molecule has 1 N–H and O–H groups in total. The van der Waals surface area contributed by atoms with Crippen LogP contribution in [0.15, 0.2) is 36.4 Å². The number of hydrogen-bond acceptors (Lipinski definition) is 4. The normalized spacial score (nSPS) is 12.2. The topological polar surface area (TPSA) is 41.0 Å². The molecule has 0 aliphatic rings. The number of halogens is 1. The summed E-state index contributed by atoms with van der Waals surface area (Å²) in [5.41, 5.74) is 2.15. The summed E-state index contributed by atoms with van der Waals surface area (Å²) in [6, 6.07) is 12.1. The Bertz CT molecular complexity index is 553. The van der Waals surface area contributed by atoms with Crippen LogP contribution in [-0.2, 0) is 6.54 Å². The van der Waals surface area contributed by atoms with Crippen LogP contribution >= 0.6 is 11.6 Å². The number of benzene rings is 1. The third kappa shape index (κ3) is 4.16. The van der Waals surface area contributed by atoms with Crippen molar-refractivity contribution in [2.75, 3.05) is 18.5 Å². The van der Waals surface area contributed by atoms with E-state index in [4.69, 9.17) is 11.6 Å². The Morgan fingerprint density at radius 2 is 1.86 bits per heavy atom. The zero-order valence-electron chi connectivity index (χ0n) is 12.7. The quantitative estimate of drug-likeness (QED) is 0.887. The third-order valence-electron chi connectivity index (χ3n) is 3.56. The highest BCUT2D eigenvalue weighted by atomic mass is 35.5. The van der Waals surface area contributed by atoms with Crippen LogP contribution in [0.25, 0.3) is 0 Å². The van der Waals surface area contributed by atoms with E-state index in [0.717, 1.165) is 29.6 Å². The second kappa shape index (κ2) is 7.38. The standard InChI is InChI=1S/C16H21ClN4/c1-4-18-11-15-9-10-16(20-19-15)21(3)12(2)13-5-7-14(17)8-6-13/h5-10,12,18H,4,11H2,1-3H3. The van der Waals surface area contributed by atoms with E-state index in [2.05, 4.69) is 34.3 Å². The molecule has 0 aliphatic heterocycles. The van der Waals surface area contributed by atoms with Gasteiger partial charge in [0.05, 0.1) is 11.7 Å².